The van der Waals surface area contributed by atoms with E-state index in [4.69, 9.17) is 0 Å². The Hall–Kier alpha value is -2.10. The van der Waals surface area contributed by atoms with E-state index in [1.807, 2.05) is 10.9 Å². The van der Waals surface area contributed by atoms with Crippen molar-refractivity contribution in [2.75, 3.05) is 0 Å². The second-order valence-electron chi connectivity index (χ2n) is 5.61. The van der Waals surface area contributed by atoms with E-state index < -0.39 is 0 Å². The number of aryl methyl sites for hydroxylation is 4. The van der Waals surface area contributed by atoms with Gasteiger partial charge in [-0.2, -0.15) is 0 Å². The Morgan fingerprint density at radius 3 is 2.76 bits per heavy atom. The zero-order valence-corrected chi connectivity index (χ0v) is 12.8. The number of hydrogen-bond acceptors (Lipinski definition) is 2. The third kappa shape index (κ3) is 3.15. The molecular weight excluding hydrogens is 260 g/mol. The number of fused-ring (bicyclic) bond motifs is 1. The van der Waals surface area contributed by atoms with E-state index >= 15 is 0 Å². The van der Waals surface area contributed by atoms with Crippen molar-refractivity contribution in [2.24, 2.45) is 0 Å². The van der Waals surface area contributed by atoms with Crippen molar-refractivity contribution < 1.29 is 0 Å². The predicted molar refractivity (Wildman–Crippen MR) is 85.3 cm³/mol. The molecule has 1 aromatic carbocycles. The molecule has 2 aromatic heterocycles. The molecule has 0 aliphatic heterocycles. The van der Waals surface area contributed by atoms with Crippen molar-refractivity contribution in [3.8, 4) is 0 Å². The molecule has 0 bridgehead atoms. The molecule has 21 heavy (non-hydrogen) atoms. The lowest BCUT2D eigenvalue weighted by Gasteiger charge is -2.06. The first-order valence-corrected chi connectivity index (χ1v) is 7.71. The zero-order valence-electron chi connectivity index (χ0n) is 12.8. The van der Waals surface area contributed by atoms with Gasteiger partial charge in [0.2, 0.25) is 0 Å². The van der Waals surface area contributed by atoms with E-state index in [-0.39, 0.29) is 0 Å². The number of hydrogen-bond donors (Lipinski definition) is 0. The van der Waals surface area contributed by atoms with E-state index in [9.17, 15) is 0 Å². The second kappa shape index (κ2) is 6.12. The van der Waals surface area contributed by atoms with Gasteiger partial charge in [0.1, 0.15) is 0 Å². The number of rotatable bonds is 6. The Morgan fingerprint density at radius 1 is 1.10 bits per heavy atom. The Balaban J connectivity index is 1.54. The molecule has 110 valence electrons. The molecule has 3 rings (SSSR count). The lowest BCUT2D eigenvalue weighted by Crippen LogP contribution is -2.02. The molecule has 0 N–H and O–H groups in total. The summed E-state index contributed by atoms with van der Waals surface area (Å²) in [4.78, 5) is 0. The third-order valence-corrected chi connectivity index (χ3v) is 3.91. The molecule has 2 heterocycles. The Bertz CT molecular complexity index is 723. The first-order valence-electron chi connectivity index (χ1n) is 7.71. The van der Waals surface area contributed by atoms with Crippen LogP contribution in [-0.4, -0.2) is 19.6 Å². The summed E-state index contributed by atoms with van der Waals surface area (Å²) >= 11 is 0. The highest BCUT2D eigenvalue weighted by atomic mass is 15.4. The Labute approximate surface area is 125 Å². The molecule has 3 aromatic rings. The van der Waals surface area contributed by atoms with E-state index in [2.05, 4.69) is 59.2 Å². The molecule has 0 fully saturated rings. The van der Waals surface area contributed by atoms with Gasteiger partial charge >= 0.3 is 0 Å². The number of benzene rings is 1. The summed E-state index contributed by atoms with van der Waals surface area (Å²) in [6, 6.07) is 8.84. The lowest BCUT2D eigenvalue weighted by molar-refractivity contribution is 0.516. The standard InChI is InChI=1S/C17H22N4/c1-3-16-13-21(19-18-16)10-5-4-9-20-11-8-15-12-14(2)6-7-17(15)20/h6-8,11-13H,3-5,9-10H2,1-2H3. The summed E-state index contributed by atoms with van der Waals surface area (Å²) in [5.41, 5.74) is 3.72. The van der Waals surface area contributed by atoms with Crippen LogP contribution in [0, 0.1) is 6.92 Å². The van der Waals surface area contributed by atoms with Crippen LogP contribution in [0.1, 0.15) is 31.0 Å². The van der Waals surface area contributed by atoms with E-state index in [0.29, 0.717) is 0 Å². The van der Waals surface area contributed by atoms with Gasteiger partial charge in [0.05, 0.1) is 5.69 Å². The molecule has 4 heteroatoms. The highest BCUT2D eigenvalue weighted by Gasteiger charge is 2.02. The quantitative estimate of drug-likeness (QED) is 0.648. The maximum absolute atomic E-state index is 4.14. The van der Waals surface area contributed by atoms with Crippen LogP contribution >= 0.6 is 0 Å². The minimum Gasteiger partial charge on any atom is -0.347 e. The fourth-order valence-corrected chi connectivity index (χ4v) is 2.68. The maximum Gasteiger partial charge on any atom is 0.0824 e. The molecule has 0 unspecified atom stereocenters. The highest BCUT2D eigenvalue weighted by Crippen LogP contribution is 2.18. The van der Waals surface area contributed by atoms with Gasteiger partial charge in [0.25, 0.3) is 0 Å². The summed E-state index contributed by atoms with van der Waals surface area (Å²) < 4.78 is 4.30. The van der Waals surface area contributed by atoms with Gasteiger partial charge in [0.15, 0.2) is 0 Å². The summed E-state index contributed by atoms with van der Waals surface area (Å²) in [5.74, 6) is 0. The van der Waals surface area contributed by atoms with Crippen LogP contribution in [0.2, 0.25) is 0 Å². The van der Waals surface area contributed by atoms with Crippen molar-refractivity contribution >= 4 is 10.9 Å². The van der Waals surface area contributed by atoms with Crippen LogP contribution < -0.4 is 0 Å². The molecule has 0 spiro atoms. The molecule has 0 aliphatic carbocycles. The van der Waals surface area contributed by atoms with Crippen LogP contribution in [0.3, 0.4) is 0 Å². The van der Waals surface area contributed by atoms with Gasteiger partial charge in [-0.15, -0.1) is 5.10 Å². The zero-order chi connectivity index (χ0) is 14.7. The van der Waals surface area contributed by atoms with E-state index in [0.717, 1.165) is 38.0 Å². The van der Waals surface area contributed by atoms with Gasteiger partial charge in [-0.1, -0.05) is 23.8 Å². The number of nitrogens with zero attached hydrogens (tertiary/aromatic N) is 4. The van der Waals surface area contributed by atoms with Gasteiger partial charge < -0.3 is 4.57 Å². The Morgan fingerprint density at radius 2 is 1.95 bits per heavy atom. The van der Waals surface area contributed by atoms with Crippen molar-refractivity contribution in [2.45, 2.75) is 46.2 Å². The SMILES string of the molecule is CCc1cn(CCCCn2ccc3cc(C)ccc32)nn1. The molecule has 0 radical (unpaired) electrons. The molecule has 0 atom stereocenters. The summed E-state index contributed by atoms with van der Waals surface area (Å²) in [6.07, 6.45) is 7.47. The van der Waals surface area contributed by atoms with Crippen LogP contribution in [-0.2, 0) is 19.5 Å². The van der Waals surface area contributed by atoms with Gasteiger partial charge in [0, 0.05) is 31.0 Å². The second-order valence-corrected chi connectivity index (χ2v) is 5.61. The van der Waals surface area contributed by atoms with Crippen LogP contribution in [0.15, 0.2) is 36.7 Å². The van der Waals surface area contributed by atoms with E-state index in [1.165, 1.54) is 16.5 Å². The normalized spacial score (nSPS) is 11.3. The maximum atomic E-state index is 4.14. The first kappa shape index (κ1) is 13.9. The van der Waals surface area contributed by atoms with Crippen molar-refractivity contribution in [1.29, 1.82) is 0 Å². The first-order chi connectivity index (χ1) is 10.3. The van der Waals surface area contributed by atoms with Crippen LogP contribution in [0.25, 0.3) is 10.9 Å². The van der Waals surface area contributed by atoms with Gasteiger partial charge in [-0.25, -0.2) is 0 Å². The minimum atomic E-state index is 0.950. The average Bonchev–Trinajstić information content (AvgIpc) is 3.10. The molecule has 0 saturated carbocycles. The fourth-order valence-electron chi connectivity index (χ4n) is 2.68. The smallest absolute Gasteiger partial charge is 0.0824 e. The summed E-state index contributed by atoms with van der Waals surface area (Å²) in [7, 11) is 0. The molecule has 4 nitrogen and oxygen atoms in total. The molecule has 0 saturated heterocycles. The molecule has 0 amide bonds. The Kier molecular flexibility index (Phi) is 4.04. The van der Waals surface area contributed by atoms with Crippen molar-refractivity contribution in [1.82, 2.24) is 19.6 Å². The van der Waals surface area contributed by atoms with Crippen molar-refractivity contribution in [3.05, 3.63) is 47.9 Å². The predicted octanol–water partition coefficient (Wildman–Crippen LogP) is 3.58. The van der Waals surface area contributed by atoms with Crippen LogP contribution in [0.4, 0.5) is 0 Å². The summed E-state index contributed by atoms with van der Waals surface area (Å²) in [6.45, 7) is 6.25. The minimum absolute atomic E-state index is 0.950. The topological polar surface area (TPSA) is 35.6 Å². The monoisotopic (exact) mass is 282 g/mol. The molecular formula is C17H22N4. The van der Waals surface area contributed by atoms with Gasteiger partial charge in [-0.3, -0.25) is 4.68 Å². The summed E-state index contributed by atoms with van der Waals surface area (Å²) in [5, 5.41) is 9.59. The average molecular weight is 282 g/mol. The largest absolute Gasteiger partial charge is 0.347 e. The van der Waals surface area contributed by atoms with Gasteiger partial charge in [-0.05, 0) is 49.8 Å². The fraction of sp³-hybridized carbons (Fsp3) is 0.412. The third-order valence-electron chi connectivity index (χ3n) is 3.91. The lowest BCUT2D eigenvalue weighted by atomic mass is 10.2. The highest BCUT2D eigenvalue weighted by molar-refractivity contribution is 5.80. The van der Waals surface area contributed by atoms with E-state index in [1.54, 1.807) is 0 Å². The van der Waals surface area contributed by atoms with Crippen molar-refractivity contribution in [3.63, 3.8) is 0 Å². The number of aromatic nitrogens is 4. The number of unbranched alkanes of at least 4 members (excludes halogenated alkanes) is 1. The van der Waals surface area contributed by atoms with Crippen LogP contribution in [0.5, 0.6) is 0 Å². The molecule has 0 aliphatic rings.